The molecule has 1 aromatic carbocycles. The van der Waals surface area contributed by atoms with Crippen molar-refractivity contribution in [2.45, 2.75) is 11.3 Å². The van der Waals surface area contributed by atoms with E-state index in [2.05, 4.69) is 20.7 Å². The van der Waals surface area contributed by atoms with Gasteiger partial charge in [0, 0.05) is 4.47 Å². The number of carbonyl (C=O) groups is 1. The van der Waals surface area contributed by atoms with Crippen molar-refractivity contribution in [3.05, 3.63) is 28.2 Å². The van der Waals surface area contributed by atoms with Crippen molar-refractivity contribution in [1.29, 1.82) is 0 Å². The van der Waals surface area contributed by atoms with Crippen LogP contribution in [0.3, 0.4) is 0 Å². The van der Waals surface area contributed by atoms with Gasteiger partial charge in [0.05, 0.1) is 18.4 Å². The maximum atomic E-state index is 11.0. The Bertz CT molecular complexity index is 405. The van der Waals surface area contributed by atoms with Gasteiger partial charge in [0.15, 0.2) is 11.1 Å². The van der Waals surface area contributed by atoms with Gasteiger partial charge in [0.2, 0.25) is 0 Å². The van der Waals surface area contributed by atoms with Crippen LogP contribution >= 0.6 is 15.9 Å². The highest BCUT2D eigenvalue weighted by atomic mass is 79.9. The molecule has 1 rings (SSSR count). The number of rotatable bonds is 3. The summed E-state index contributed by atoms with van der Waals surface area (Å²) in [6.07, 6.45) is -0.0163. The van der Waals surface area contributed by atoms with Gasteiger partial charge in [-0.1, -0.05) is 15.9 Å². The Hall–Kier alpha value is -0.720. The minimum atomic E-state index is -2.10. The molecule has 0 aliphatic carbocycles. The molecule has 15 heavy (non-hydrogen) atoms. The highest BCUT2D eigenvalue weighted by Crippen LogP contribution is 2.19. The highest BCUT2D eigenvalue weighted by Gasteiger charge is 2.12. The molecule has 1 N–H and O–H groups in total. The number of carbonyl (C=O) groups excluding carboxylic acids is 1. The molecule has 0 aromatic heterocycles. The fraction of sp³-hybridized carbons (Fsp3) is 0.222. The summed E-state index contributed by atoms with van der Waals surface area (Å²) < 4.78 is 25.2. The first kappa shape index (κ1) is 12.4. The van der Waals surface area contributed by atoms with Crippen molar-refractivity contribution in [3.63, 3.8) is 0 Å². The van der Waals surface area contributed by atoms with Gasteiger partial charge in [-0.15, -0.1) is 0 Å². The van der Waals surface area contributed by atoms with Gasteiger partial charge in [-0.2, -0.15) is 0 Å². The number of ether oxygens (including phenoxy) is 1. The summed E-state index contributed by atoms with van der Waals surface area (Å²) in [4.78, 5) is 11.3. The lowest BCUT2D eigenvalue weighted by Crippen LogP contribution is -2.07. The number of hydrogen-bond acceptors (Lipinski definition) is 3. The summed E-state index contributed by atoms with van der Waals surface area (Å²) in [6.45, 7) is 0. The number of halogens is 1. The molecule has 4 nitrogen and oxygen atoms in total. The van der Waals surface area contributed by atoms with Crippen molar-refractivity contribution in [3.8, 4) is 0 Å². The molecule has 0 fully saturated rings. The molecule has 0 aliphatic heterocycles. The Balaban J connectivity index is 3.07. The van der Waals surface area contributed by atoms with E-state index in [9.17, 15) is 9.00 Å². The van der Waals surface area contributed by atoms with Crippen molar-refractivity contribution < 1.29 is 18.3 Å². The lowest BCUT2D eigenvalue weighted by Gasteiger charge is -2.05. The molecule has 0 radical (unpaired) electrons. The third-order valence-electron chi connectivity index (χ3n) is 1.77. The van der Waals surface area contributed by atoms with Crippen LogP contribution in [0.15, 0.2) is 27.6 Å². The van der Waals surface area contributed by atoms with Crippen molar-refractivity contribution in [2.24, 2.45) is 0 Å². The van der Waals surface area contributed by atoms with Crippen molar-refractivity contribution >= 4 is 33.0 Å². The second-order valence-corrected chi connectivity index (χ2v) is 4.61. The van der Waals surface area contributed by atoms with E-state index in [1.54, 1.807) is 12.1 Å². The van der Waals surface area contributed by atoms with Crippen LogP contribution in [0.25, 0.3) is 0 Å². The Labute approximate surface area is 98.0 Å². The summed E-state index contributed by atoms with van der Waals surface area (Å²) in [5.74, 6) is -0.445. The minimum absolute atomic E-state index is 0.0163. The van der Waals surface area contributed by atoms with Crippen LogP contribution in [0.1, 0.15) is 5.56 Å². The zero-order valence-corrected chi connectivity index (χ0v) is 10.3. The standard InChI is InChI=1S/C9H9BrO4S/c1-14-9(11)5-6-4-7(10)2-3-8(6)15(12)13/h2-4H,5H2,1H3,(H,12,13). The molecule has 0 spiro atoms. The largest absolute Gasteiger partial charge is 0.469 e. The lowest BCUT2D eigenvalue weighted by molar-refractivity contribution is -0.139. The van der Waals surface area contributed by atoms with E-state index >= 15 is 0 Å². The number of hydrogen-bond donors (Lipinski definition) is 1. The fourth-order valence-corrected chi connectivity index (χ4v) is 2.03. The zero-order chi connectivity index (χ0) is 11.4. The van der Waals surface area contributed by atoms with Gasteiger partial charge in [-0.3, -0.25) is 4.79 Å². The van der Waals surface area contributed by atoms with Crippen LogP contribution in [0, 0.1) is 0 Å². The fourth-order valence-electron chi connectivity index (χ4n) is 1.08. The monoisotopic (exact) mass is 292 g/mol. The second kappa shape index (κ2) is 5.39. The minimum Gasteiger partial charge on any atom is -0.469 e. The Morgan fingerprint density at radius 3 is 2.80 bits per heavy atom. The Kier molecular flexibility index (Phi) is 4.44. The van der Waals surface area contributed by atoms with E-state index in [1.165, 1.54) is 13.2 Å². The molecule has 6 heteroatoms. The summed E-state index contributed by atoms with van der Waals surface area (Å²) in [5.41, 5.74) is 0.483. The lowest BCUT2D eigenvalue weighted by atomic mass is 10.1. The van der Waals surface area contributed by atoms with E-state index < -0.39 is 17.0 Å². The van der Waals surface area contributed by atoms with E-state index in [0.29, 0.717) is 5.56 Å². The smallest absolute Gasteiger partial charge is 0.310 e. The topological polar surface area (TPSA) is 63.6 Å². The first-order chi connectivity index (χ1) is 7.04. The predicted molar refractivity (Wildman–Crippen MR) is 58.9 cm³/mol. The molecule has 0 bridgehead atoms. The van der Waals surface area contributed by atoms with Crippen LogP contribution in [0.2, 0.25) is 0 Å². The summed E-state index contributed by atoms with van der Waals surface area (Å²) in [7, 11) is 1.27. The number of benzene rings is 1. The van der Waals surface area contributed by atoms with E-state index in [1.807, 2.05) is 0 Å². The van der Waals surface area contributed by atoms with Crippen LogP contribution in [0.5, 0.6) is 0 Å². The quantitative estimate of drug-likeness (QED) is 0.681. The highest BCUT2D eigenvalue weighted by molar-refractivity contribution is 9.10. The Morgan fingerprint density at radius 2 is 2.27 bits per heavy atom. The number of esters is 1. The van der Waals surface area contributed by atoms with Gasteiger partial charge in [-0.25, -0.2) is 4.21 Å². The average molecular weight is 293 g/mol. The van der Waals surface area contributed by atoms with Crippen LogP contribution in [-0.4, -0.2) is 21.8 Å². The van der Waals surface area contributed by atoms with Crippen LogP contribution in [-0.2, 0) is 27.0 Å². The first-order valence-electron chi connectivity index (χ1n) is 4.00. The van der Waals surface area contributed by atoms with E-state index in [-0.39, 0.29) is 11.3 Å². The molecule has 0 heterocycles. The first-order valence-corrected chi connectivity index (χ1v) is 5.90. The van der Waals surface area contributed by atoms with Crippen molar-refractivity contribution in [2.75, 3.05) is 7.11 Å². The van der Waals surface area contributed by atoms with Crippen molar-refractivity contribution in [1.82, 2.24) is 0 Å². The van der Waals surface area contributed by atoms with Crippen LogP contribution < -0.4 is 0 Å². The number of methoxy groups -OCH3 is 1. The molecule has 82 valence electrons. The average Bonchev–Trinajstić information content (AvgIpc) is 2.17. The predicted octanol–water partition coefficient (Wildman–Crippen LogP) is 1.75. The van der Waals surface area contributed by atoms with Gasteiger partial charge >= 0.3 is 5.97 Å². The molecule has 1 aromatic rings. The van der Waals surface area contributed by atoms with E-state index in [4.69, 9.17) is 4.55 Å². The van der Waals surface area contributed by atoms with Crippen LogP contribution in [0.4, 0.5) is 0 Å². The molecule has 0 saturated heterocycles. The molecular formula is C9H9BrO4S. The molecule has 0 aliphatic rings. The van der Waals surface area contributed by atoms with Gasteiger partial charge in [0.1, 0.15) is 0 Å². The van der Waals surface area contributed by atoms with Gasteiger partial charge in [-0.05, 0) is 23.8 Å². The summed E-state index contributed by atoms with van der Waals surface area (Å²) in [5, 5.41) is 0. The molecule has 1 unspecified atom stereocenters. The third-order valence-corrected chi connectivity index (χ3v) is 3.04. The normalized spacial score (nSPS) is 12.2. The molecule has 1 atom stereocenters. The maximum Gasteiger partial charge on any atom is 0.310 e. The summed E-state index contributed by atoms with van der Waals surface area (Å²) >= 11 is 1.13. The van der Waals surface area contributed by atoms with E-state index in [0.717, 1.165) is 4.47 Å². The second-order valence-electron chi connectivity index (χ2n) is 2.75. The summed E-state index contributed by atoms with van der Waals surface area (Å²) in [6, 6.07) is 4.77. The zero-order valence-electron chi connectivity index (χ0n) is 7.90. The third kappa shape index (κ3) is 3.40. The maximum absolute atomic E-state index is 11.0. The molecule has 0 amide bonds. The van der Waals surface area contributed by atoms with Gasteiger partial charge < -0.3 is 9.29 Å². The Morgan fingerprint density at radius 1 is 1.60 bits per heavy atom. The SMILES string of the molecule is COC(=O)Cc1cc(Br)ccc1S(=O)O. The van der Waals surface area contributed by atoms with Gasteiger partial charge in [0.25, 0.3) is 0 Å². The molecule has 0 saturated carbocycles. The molecular weight excluding hydrogens is 284 g/mol.